The van der Waals surface area contributed by atoms with E-state index in [1.165, 1.54) is 19.3 Å². The fourth-order valence-corrected chi connectivity index (χ4v) is 7.15. The Balaban J connectivity index is 0.000000463. The quantitative estimate of drug-likeness (QED) is 0.0832. The molecule has 49 heavy (non-hydrogen) atoms. The molecule has 1 atom stereocenters. The lowest BCUT2D eigenvalue weighted by Crippen LogP contribution is -2.44. The smallest absolute Gasteiger partial charge is 0.313 e. The molecule has 1 aliphatic rings. The summed E-state index contributed by atoms with van der Waals surface area (Å²) in [6.07, 6.45) is 8.90. The molecule has 8 nitrogen and oxygen atoms in total. The molecule has 0 radical (unpaired) electrons. The van der Waals surface area contributed by atoms with E-state index in [2.05, 4.69) is 11.8 Å². The SMILES string of the molecule is CC(C)(C(=O)O)c1ccc(C(O)CCCN2CCC(C(O)(c3ccccc3)c3ccccc3)CC2)cc1.CCCCCCCCS(=O)(=O)O. The normalized spacial score (nSPS) is 15.3. The van der Waals surface area contributed by atoms with Crippen molar-refractivity contribution in [2.24, 2.45) is 5.92 Å². The minimum Gasteiger partial charge on any atom is -0.481 e. The summed E-state index contributed by atoms with van der Waals surface area (Å²) in [4.78, 5) is 13.9. The summed E-state index contributed by atoms with van der Waals surface area (Å²) in [7, 11) is -3.72. The fraction of sp³-hybridized carbons (Fsp3) is 0.525. The second-order valence-electron chi connectivity index (χ2n) is 13.9. The van der Waals surface area contributed by atoms with Crippen molar-refractivity contribution < 1.29 is 33.1 Å². The van der Waals surface area contributed by atoms with Crippen LogP contribution in [0.2, 0.25) is 0 Å². The molecule has 0 aromatic heterocycles. The molecular weight excluding hydrogens is 639 g/mol. The van der Waals surface area contributed by atoms with E-state index in [1.54, 1.807) is 26.0 Å². The zero-order valence-corrected chi connectivity index (χ0v) is 30.3. The van der Waals surface area contributed by atoms with E-state index in [4.69, 9.17) is 4.55 Å². The number of aliphatic carboxylic acids is 1. The second kappa shape index (κ2) is 19.3. The van der Waals surface area contributed by atoms with Crippen LogP contribution in [0.4, 0.5) is 0 Å². The van der Waals surface area contributed by atoms with Gasteiger partial charge in [-0.3, -0.25) is 9.35 Å². The highest BCUT2D eigenvalue weighted by molar-refractivity contribution is 7.85. The third-order valence-corrected chi connectivity index (χ3v) is 10.7. The first kappa shape index (κ1) is 40.4. The van der Waals surface area contributed by atoms with Crippen molar-refractivity contribution in [3.63, 3.8) is 0 Å². The van der Waals surface area contributed by atoms with Gasteiger partial charge in [-0.15, -0.1) is 0 Å². The number of benzene rings is 3. The van der Waals surface area contributed by atoms with Crippen LogP contribution in [0.3, 0.4) is 0 Å². The van der Waals surface area contributed by atoms with Crippen molar-refractivity contribution >= 4 is 16.1 Å². The summed E-state index contributed by atoms with van der Waals surface area (Å²) < 4.78 is 28.9. The first-order chi connectivity index (χ1) is 23.3. The fourth-order valence-electron chi connectivity index (χ4n) is 6.58. The number of nitrogens with zero attached hydrogens (tertiary/aromatic N) is 1. The van der Waals surface area contributed by atoms with E-state index >= 15 is 0 Å². The topological polar surface area (TPSA) is 135 Å². The number of carboxylic acid groups (broad SMARTS) is 1. The summed E-state index contributed by atoms with van der Waals surface area (Å²) in [5.74, 6) is -0.817. The van der Waals surface area contributed by atoms with Gasteiger partial charge in [0.1, 0.15) is 5.60 Å². The van der Waals surface area contributed by atoms with Gasteiger partial charge in [0.2, 0.25) is 0 Å². The molecule has 0 aliphatic carbocycles. The van der Waals surface area contributed by atoms with E-state index in [0.29, 0.717) is 12.8 Å². The van der Waals surface area contributed by atoms with Crippen LogP contribution in [0.5, 0.6) is 0 Å². The number of carbonyl (C=O) groups is 1. The summed E-state index contributed by atoms with van der Waals surface area (Å²) in [6.45, 7) is 8.25. The molecule has 1 fully saturated rings. The molecular formula is C40H57NO7S. The number of carboxylic acids is 1. The van der Waals surface area contributed by atoms with E-state index in [-0.39, 0.29) is 11.7 Å². The number of likely N-dealkylation sites (tertiary alicyclic amines) is 1. The molecule has 1 saturated heterocycles. The number of rotatable bonds is 17. The van der Waals surface area contributed by atoms with Gasteiger partial charge in [0.25, 0.3) is 10.1 Å². The molecule has 3 aromatic carbocycles. The summed E-state index contributed by atoms with van der Waals surface area (Å²) in [5, 5.41) is 32.2. The minimum absolute atomic E-state index is 0.0842. The van der Waals surface area contributed by atoms with Gasteiger partial charge in [-0.2, -0.15) is 8.42 Å². The molecule has 9 heteroatoms. The number of unbranched alkanes of at least 4 members (excludes halogenated alkanes) is 5. The van der Waals surface area contributed by atoms with Gasteiger partial charge in [-0.05, 0) is 93.8 Å². The second-order valence-corrected chi connectivity index (χ2v) is 15.5. The zero-order chi connectivity index (χ0) is 35.9. The Bertz CT molecular complexity index is 1450. The number of aliphatic hydroxyl groups is 2. The number of hydrogen-bond acceptors (Lipinski definition) is 6. The zero-order valence-electron chi connectivity index (χ0n) is 29.5. The predicted molar refractivity (Wildman–Crippen MR) is 196 cm³/mol. The lowest BCUT2D eigenvalue weighted by atomic mass is 9.72. The third-order valence-electron chi connectivity index (χ3n) is 9.87. The summed E-state index contributed by atoms with van der Waals surface area (Å²) in [6, 6.07) is 27.3. The number of aliphatic hydroxyl groups excluding tert-OH is 1. The Labute approximate surface area is 294 Å². The van der Waals surface area contributed by atoms with Crippen LogP contribution in [-0.2, 0) is 25.9 Å². The highest BCUT2D eigenvalue weighted by Crippen LogP contribution is 2.42. The Morgan fingerprint density at radius 3 is 1.80 bits per heavy atom. The standard InChI is InChI=1S/C32H39NO4.C8H18O3S/c1-31(2,30(35)36)25-17-15-24(16-18-25)29(34)14-9-21-33-22-19-28(20-23-33)32(37,26-10-5-3-6-11-26)27-12-7-4-8-13-27;1-2-3-4-5-6-7-8-12(9,10)11/h3-8,10-13,15-18,28-29,34,37H,9,14,19-23H2,1-2H3,(H,35,36);2-8H2,1H3,(H,9,10,11). The molecule has 0 amide bonds. The van der Waals surface area contributed by atoms with Crippen molar-refractivity contribution in [3.05, 3.63) is 107 Å². The van der Waals surface area contributed by atoms with E-state index in [0.717, 1.165) is 74.0 Å². The molecule has 4 N–H and O–H groups in total. The van der Waals surface area contributed by atoms with Gasteiger partial charge in [-0.25, -0.2) is 0 Å². The first-order valence-electron chi connectivity index (χ1n) is 17.8. The van der Waals surface area contributed by atoms with Gasteiger partial charge in [0.15, 0.2) is 0 Å². The molecule has 1 unspecified atom stereocenters. The Morgan fingerprint density at radius 2 is 1.31 bits per heavy atom. The maximum atomic E-state index is 12.1. The van der Waals surface area contributed by atoms with E-state index < -0.39 is 33.2 Å². The van der Waals surface area contributed by atoms with Crippen molar-refractivity contribution in [3.8, 4) is 0 Å². The van der Waals surface area contributed by atoms with Crippen LogP contribution in [0.1, 0.15) is 113 Å². The average Bonchev–Trinajstić information content (AvgIpc) is 3.10. The van der Waals surface area contributed by atoms with Crippen LogP contribution in [0.25, 0.3) is 0 Å². The molecule has 0 saturated carbocycles. The van der Waals surface area contributed by atoms with Gasteiger partial charge < -0.3 is 20.2 Å². The highest BCUT2D eigenvalue weighted by atomic mass is 32.2. The van der Waals surface area contributed by atoms with Crippen LogP contribution >= 0.6 is 0 Å². The van der Waals surface area contributed by atoms with Crippen molar-refractivity contribution in [2.75, 3.05) is 25.4 Å². The van der Waals surface area contributed by atoms with Gasteiger partial charge >= 0.3 is 5.97 Å². The molecule has 1 heterocycles. The molecule has 4 rings (SSSR count). The monoisotopic (exact) mass is 695 g/mol. The van der Waals surface area contributed by atoms with Crippen LogP contribution in [0, 0.1) is 5.92 Å². The lowest BCUT2D eigenvalue weighted by Gasteiger charge is -2.42. The van der Waals surface area contributed by atoms with Gasteiger partial charge in [0.05, 0.1) is 17.3 Å². The van der Waals surface area contributed by atoms with Gasteiger partial charge in [-0.1, -0.05) is 124 Å². The van der Waals surface area contributed by atoms with E-state index in [1.807, 2.05) is 72.8 Å². The van der Waals surface area contributed by atoms with Crippen molar-refractivity contribution in [1.29, 1.82) is 0 Å². The molecule has 0 bridgehead atoms. The van der Waals surface area contributed by atoms with Crippen LogP contribution in [-0.4, -0.2) is 64.5 Å². The molecule has 1 aliphatic heterocycles. The molecule has 270 valence electrons. The summed E-state index contributed by atoms with van der Waals surface area (Å²) in [5.41, 5.74) is 1.47. The first-order valence-corrected chi connectivity index (χ1v) is 19.4. The van der Waals surface area contributed by atoms with Crippen molar-refractivity contribution in [2.45, 2.75) is 102 Å². The predicted octanol–water partition coefficient (Wildman–Crippen LogP) is 7.75. The Hall–Kier alpha value is -3.08. The molecule has 0 spiro atoms. The molecule has 3 aromatic rings. The summed E-state index contributed by atoms with van der Waals surface area (Å²) >= 11 is 0. The maximum absolute atomic E-state index is 12.1. The average molecular weight is 696 g/mol. The third kappa shape index (κ3) is 12.3. The number of hydrogen-bond donors (Lipinski definition) is 4. The highest BCUT2D eigenvalue weighted by Gasteiger charge is 2.41. The number of piperidine rings is 1. The Kier molecular flexibility index (Phi) is 15.9. The van der Waals surface area contributed by atoms with E-state index in [9.17, 15) is 28.5 Å². The minimum atomic E-state index is -3.72. The van der Waals surface area contributed by atoms with Crippen molar-refractivity contribution in [1.82, 2.24) is 4.90 Å². The maximum Gasteiger partial charge on any atom is 0.313 e. The lowest BCUT2D eigenvalue weighted by molar-refractivity contribution is -0.142. The van der Waals surface area contributed by atoms with Crippen LogP contribution in [0.15, 0.2) is 84.9 Å². The van der Waals surface area contributed by atoms with Gasteiger partial charge in [0, 0.05) is 0 Å². The largest absolute Gasteiger partial charge is 0.481 e. The Morgan fingerprint density at radius 1 is 0.796 bits per heavy atom. The van der Waals surface area contributed by atoms with Crippen LogP contribution < -0.4 is 0 Å².